The van der Waals surface area contributed by atoms with E-state index in [0.29, 0.717) is 23.5 Å². The van der Waals surface area contributed by atoms with Crippen LogP contribution in [0.5, 0.6) is 11.5 Å². The summed E-state index contributed by atoms with van der Waals surface area (Å²) in [6.45, 7) is 5.60. The third-order valence-electron chi connectivity index (χ3n) is 3.82. The van der Waals surface area contributed by atoms with Crippen molar-refractivity contribution in [3.8, 4) is 17.6 Å². The van der Waals surface area contributed by atoms with Crippen LogP contribution >= 0.6 is 0 Å². The minimum atomic E-state index is -1.07. The molecule has 0 amide bonds. The van der Waals surface area contributed by atoms with Crippen molar-refractivity contribution in [2.45, 2.75) is 45.6 Å². The number of carbonyl (C=O) groups excluding carboxylic acids is 1. The zero-order valence-electron chi connectivity index (χ0n) is 16.6. The summed E-state index contributed by atoms with van der Waals surface area (Å²) in [6, 6.07) is 16.0. The van der Waals surface area contributed by atoms with Crippen LogP contribution in [0.25, 0.3) is 0 Å². The molecule has 0 saturated heterocycles. The van der Waals surface area contributed by atoms with Gasteiger partial charge in [0.2, 0.25) is 0 Å². The fourth-order valence-electron chi connectivity index (χ4n) is 2.20. The summed E-state index contributed by atoms with van der Waals surface area (Å²) >= 11 is 0. The van der Waals surface area contributed by atoms with Crippen molar-refractivity contribution in [2.75, 3.05) is 13.2 Å². The molecule has 1 N–H and O–H groups in total. The Kier molecular flexibility index (Phi) is 11.8. The minimum Gasteiger partial charge on any atom is -0.494 e. The maximum Gasteiger partial charge on any atom is 0.166 e. The molecule has 0 bridgehead atoms. The zero-order chi connectivity index (χ0) is 20.6. The van der Waals surface area contributed by atoms with E-state index in [1.807, 2.05) is 18.2 Å². The van der Waals surface area contributed by atoms with E-state index in [1.54, 1.807) is 36.4 Å². The number of hydrogen-bond acceptors (Lipinski definition) is 5. The lowest BCUT2D eigenvalue weighted by atomic mass is 10.1. The number of aliphatic hydroxyl groups excluding tert-OH is 1. The van der Waals surface area contributed by atoms with E-state index in [-0.39, 0.29) is 0 Å². The van der Waals surface area contributed by atoms with Crippen LogP contribution in [0.3, 0.4) is 0 Å². The van der Waals surface area contributed by atoms with Gasteiger partial charge in [-0.2, -0.15) is 5.26 Å². The highest BCUT2D eigenvalue weighted by Gasteiger charge is 2.06. The van der Waals surface area contributed by atoms with E-state index >= 15 is 0 Å². The number of benzene rings is 2. The van der Waals surface area contributed by atoms with E-state index in [9.17, 15) is 9.90 Å². The number of unbranched alkanes of at least 4 members (excludes halogenated alkanes) is 2. The summed E-state index contributed by atoms with van der Waals surface area (Å²) in [5, 5.41) is 17.9. The van der Waals surface area contributed by atoms with Crippen LogP contribution in [-0.4, -0.2) is 24.6 Å². The Morgan fingerprint density at radius 3 is 2.11 bits per heavy atom. The molecule has 28 heavy (non-hydrogen) atoms. The molecule has 150 valence electrons. The highest BCUT2D eigenvalue weighted by molar-refractivity contribution is 5.75. The van der Waals surface area contributed by atoms with Crippen LogP contribution in [-0.2, 0) is 0 Å². The van der Waals surface area contributed by atoms with Gasteiger partial charge in [-0.25, -0.2) is 0 Å². The number of carbonyl (C=O) groups is 1. The second-order valence-corrected chi connectivity index (χ2v) is 6.20. The van der Waals surface area contributed by atoms with E-state index in [2.05, 4.69) is 13.8 Å². The summed E-state index contributed by atoms with van der Waals surface area (Å²) < 4.78 is 10.9. The summed E-state index contributed by atoms with van der Waals surface area (Å²) in [5.41, 5.74) is 1.24. The maximum atomic E-state index is 10.4. The molecule has 0 radical (unpaired) electrons. The predicted molar refractivity (Wildman–Crippen MR) is 110 cm³/mol. The van der Waals surface area contributed by atoms with Crippen LogP contribution in [0, 0.1) is 11.3 Å². The van der Waals surface area contributed by atoms with Crippen LogP contribution in [0.15, 0.2) is 48.5 Å². The topological polar surface area (TPSA) is 79.6 Å². The average Bonchev–Trinajstić information content (AvgIpc) is 2.74. The van der Waals surface area contributed by atoms with Gasteiger partial charge in [-0.05, 0) is 42.7 Å². The number of ether oxygens (including phenoxy) is 2. The van der Waals surface area contributed by atoms with Crippen molar-refractivity contribution < 1.29 is 19.4 Å². The molecule has 1 unspecified atom stereocenters. The van der Waals surface area contributed by atoms with Crippen molar-refractivity contribution in [3.05, 3.63) is 59.7 Å². The lowest BCUT2D eigenvalue weighted by Gasteiger charge is -2.07. The molecule has 2 rings (SSSR count). The molecule has 0 spiro atoms. The van der Waals surface area contributed by atoms with Gasteiger partial charge in [0.25, 0.3) is 0 Å². The highest BCUT2D eigenvalue weighted by Crippen LogP contribution is 2.19. The van der Waals surface area contributed by atoms with Crippen molar-refractivity contribution in [1.82, 2.24) is 0 Å². The minimum absolute atomic E-state index is 0.575. The first-order valence-electron chi connectivity index (χ1n) is 9.63. The SMILES string of the molecule is CCCCOc1cccc(C(O)C#N)c1.CCCCOc1cccc(C=O)c1. The van der Waals surface area contributed by atoms with Crippen molar-refractivity contribution in [1.29, 1.82) is 5.26 Å². The van der Waals surface area contributed by atoms with Gasteiger partial charge in [0.05, 0.1) is 19.3 Å². The molecular weight excluding hydrogens is 354 g/mol. The molecule has 0 aromatic heterocycles. The van der Waals surface area contributed by atoms with Gasteiger partial charge in [0.15, 0.2) is 6.10 Å². The van der Waals surface area contributed by atoms with Gasteiger partial charge in [0, 0.05) is 5.56 Å². The molecule has 0 aliphatic heterocycles. The van der Waals surface area contributed by atoms with Gasteiger partial charge >= 0.3 is 0 Å². The predicted octanol–water partition coefficient (Wildman–Crippen LogP) is 5.10. The average molecular weight is 383 g/mol. The molecule has 5 nitrogen and oxygen atoms in total. The Morgan fingerprint density at radius 1 is 1.00 bits per heavy atom. The molecule has 0 heterocycles. The lowest BCUT2D eigenvalue weighted by Crippen LogP contribution is -1.98. The summed E-state index contributed by atoms with van der Waals surface area (Å²) in [4.78, 5) is 10.4. The normalized spacial score (nSPS) is 10.8. The van der Waals surface area contributed by atoms with Gasteiger partial charge < -0.3 is 14.6 Å². The second kappa shape index (κ2) is 14.2. The molecule has 0 aliphatic carbocycles. The molecule has 5 heteroatoms. The fraction of sp³-hybridized carbons (Fsp3) is 0.391. The quantitative estimate of drug-likeness (QED) is 0.351. The first-order chi connectivity index (χ1) is 13.6. The Morgan fingerprint density at radius 2 is 1.57 bits per heavy atom. The monoisotopic (exact) mass is 383 g/mol. The second-order valence-electron chi connectivity index (χ2n) is 6.20. The first-order valence-corrected chi connectivity index (χ1v) is 9.63. The van der Waals surface area contributed by atoms with Crippen molar-refractivity contribution in [3.63, 3.8) is 0 Å². The molecule has 0 fully saturated rings. The van der Waals surface area contributed by atoms with Gasteiger partial charge in [-0.3, -0.25) is 4.79 Å². The Bertz CT molecular complexity index is 739. The van der Waals surface area contributed by atoms with Crippen molar-refractivity contribution in [2.24, 2.45) is 0 Å². The third kappa shape index (κ3) is 9.20. The molecular formula is C23H29NO4. The molecule has 2 aromatic rings. The Balaban J connectivity index is 0.000000283. The summed E-state index contributed by atoms with van der Waals surface area (Å²) in [6.07, 6.45) is 4.01. The molecule has 0 aliphatic rings. The number of aliphatic hydroxyl groups is 1. The summed E-state index contributed by atoms with van der Waals surface area (Å²) in [5.74, 6) is 1.48. The zero-order valence-corrected chi connectivity index (χ0v) is 16.6. The lowest BCUT2D eigenvalue weighted by molar-refractivity contribution is 0.112. The van der Waals surface area contributed by atoms with E-state index in [4.69, 9.17) is 14.7 Å². The first kappa shape index (κ1) is 23.2. The Labute approximate surface area is 167 Å². The number of nitrogens with zero attached hydrogens (tertiary/aromatic N) is 1. The Hall–Kier alpha value is -2.84. The van der Waals surface area contributed by atoms with Crippen LogP contribution in [0.2, 0.25) is 0 Å². The highest BCUT2D eigenvalue weighted by atomic mass is 16.5. The van der Waals surface area contributed by atoms with Gasteiger partial charge in [-0.1, -0.05) is 51.0 Å². The standard InChI is InChI=1S/C12H15NO2.C11H14O2/c1-2-3-7-15-11-6-4-5-10(8-11)12(14)9-13;1-2-3-7-13-11-6-4-5-10(8-11)9-12/h4-6,8,12,14H,2-3,7H2,1H3;4-6,8-9H,2-3,7H2,1H3. The number of aldehydes is 1. The number of nitriles is 1. The number of rotatable bonds is 10. The molecule has 2 aromatic carbocycles. The maximum absolute atomic E-state index is 10.4. The van der Waals surface area contributed by atoms with Crippen LogP contribution < -0.4 is 9.47 Å². The molecule has 0 saturated carbocycles. The third-order valence-corrected chi connectivity index (χ3v) is 3.82. The van der Waals surface area contributed by atoms with E-state index in [1.165, 1.54) is 0 Å². The smallest absolute Gasteiger partial charge is 0.166 e. The van der Waals surface area contributed by atoms with E-state index in [0.717, 1.165) is 44.3 Å². The summed E-state index contributed by atoms with van der Waals surface area (Å²) in [7, 11) is 0. The van der Waals surface area contributed by atoms with Crippen LogP contribution in [0.1, 0.15) is 61.6 Å². The largest absolute Gasteiger partial charge is 0.494 e. The van der Waals surface area contributed by atoms with E-state index < -0.39 is 6.10 Å². The number of hydrogen-bond donors (Lipinski definition) is 1. The molecule has 1 atom stereocenters. The van der Waals surface area contributed by atoms with Crippen LogP contribution in [0.4, 0.5) is 0 Å². The van der Waals surface area contributed by atoms with Gasteiger partial charge in [0.1, 0.15) is 17.8 Å². The van der Waals surface area contributed by atoms with Gasteiger partial charge in [-0.15, -0.1) is 0 Å². The fourth-order valence-corrected chi connectivity index (χ4v) is 2.20. The van der Waals surface area contributed by atoms with Crippen molar-refractivity contribution >= 4 is 6.29 Å².